The Balaban J connectivity index is 2.99. The van der Waals surface area contributed by atoms with E-state index >= 15 is 0 Å². The minimum atomic E-state index is -3.37. The Bertz CT molecular complexity index is 528. The molecule has 3 N–H and O–H groups in total. The van der Waals surface area contributed by atoms with E-state index in [2.05, 4.69) is 36.6 Å². The Labute approximate surface area is 125 Å². The molecule has 0 saturated heterocycles. The first-order valence-electron chi connectivity index (χ1n) is 5.25. The minimum Gasteiger partial charge on any atom is -0.397 e. The van der Waals surface area contributed by atoms with Crippen molar-refractivity contribution in [3.05, 3.63) is 26.6 Å². The van der Waals surface area contributed by atoms with Gasteiger partial charge in [0.05, 0.1) is 11.4 Å². The van der Waals surface area contributed by atoms with Crippen molar-refractivity contribution in [3.8, 4) is 0 Å². The molecule has 1 aromatic carbocycles. The van der Waals surface area contributed by atoms with Crippen molar-refractivity contribution in [2.45, 2.75) is 32.1 Å². The molecule has 0 aromatic heterocycles. The predicted molar refractivity (Wildman–Crippen MR) is 81.8 cm³/mol. The lowest BCUT2D eigenvalue weighted by Gasteiger charge is -2.20. The lowest BCUT2D eigenvalue weighted by atomic mass is 10.1. The molecule has 7 heteroatoms. The van der Waals surface area contributed by atoms with E-state index in [0.717, 1.165) is 0 Å². The molecule has 0 aliphatic heterocycles. The molecular weight excluding hydrogens is 384 g/mol. The van der Waals surface area contributed by atoms with Gasteiger partial charge in [0.2, 0.25) is 10.0 Å². The fourth-order valence-corrected chi connectivity index (χ4v) is 4.33. The standard InChI is InChI=1S/C11H16Br2N2O2S/c1-11(2,3)15-18(16,17)6-7-4-8(12)10(14)9(13)5-7/h4-5,15H,6,14H2,1-3H3. The first-order valence-corrected chi connectivity index (χ1v) is 8.49. The van der Waals surface area contributed by atoms with Crippen molar-refractivity contribution in [3.63, 3.8) is 0 Å². The zero-order valence-corrected chi connectivity index (χ0v) is 14.4. The summed E-state index contributed by atoms with van der Waals surface area (Å²) in [6.45, 7) is 5.41. The summed E-state index contributed by atoms with van der Waals surface area (Å²) in [7, 11) is -3.37. The topological polar surface area (TPSA) is 72.2 Å². The minimum absolute atomic E-state index is 0.0816. The van der Waals surface area contributed by atoms with Crippen molar-refractivity contribution >= 4 is 47.6 Å². The molecule has 1 rings (SSSR count). The van der Waals surface area contributed by atoms with Crippen LogP contribution in [-0.4, -0.2) is 14.0 Å². The van der Waals surface area contributed by atoms with Gasteiger partial charge in [-0.15, -0.1) is 0 Å². The number of halogens is 2. The number of rotatable bonds is 3. The van der Waals surface area contributed by atoms with Gasteiger partial charge in [0.25, 0.3) is 0 Å². The Morgan fingerprint density at radius 2 is 1.67 bits per heavy atom. The van der Waals surface area contributed by atoms with Crippen molar-refractivity contribution in [2.24, 2.45) is 0 Å². The van der Waals surface area contributed by atoms with Crippen LogP contribution in [0.1, 0.15) is 26.3 Å². The van der Waals surface area contributed by atoms with Gasteiger partial charge < -0.3 is 5.73 Å². The van der Waals surface area contributed by atoms with Gasteiger partial charge in [0, 0.05) is 14.5 Å². The van der Waals surface area contributed by atoms with E-state index < -0.39 is 15.6 Å². The van der Waals surface area contributed by atoms with Crippen LogP contribution in [0, 0.1) is 0 Å². The zero-order valence-electron chi connectivity index (χ0n) is 10.4. The van der Waals surface area contributed by atoms with Crippen LogP contribution in [0.2, 0.25) is 0 Å². The van der Waals surface area contributed by atoms with E-state index in [0.29, 0.717) is 20.2 Å². The van der Waals surface area contributed by atoms with E-state index in [1.165, 1.54) is 0 Å². The summed E-state index contributed by atoms with van der Waals surface area (Å²) < 4.78 is 27.9. The Hall–Kier alpha value is -0.110. The number of nitrogens with two attached hydrogens (primary N) is 1. The second-order valence-corrected chi connectivity index (χ2v) is 8.52. The molecule has 1 aromatic rings. The number of sulfonamides is 1. The molecule has 102 valence electrons. The van der Waals surface area contributed by atoms with E-state index in [1.54, 1.807) is 32.9 Å². The van der Waals surface area contributed by atoms with Crippen molar-refractivity contribution < 1.29 is 8.42 Å². The second kappa shape index (κ2) is 5.48. The molecule has 0 atom stereocenters. The Morgan fingerprint density at radius 1 is 1.22 bits per heavy atom. The largest absolute Gasteiger partial charge is 0.397 e. The highest BCUT2D eigenvalue weighted by Gasteiger charge is 2.20. The number of benzene rings is 1. The Morgan fingerprint density at radius 3 is 2.06 bits per heavy atom. The van der Waals surface area contributed by atoms with Gasteiger partial charge in [-0.1, -0.05) is 0 Å². The maximum Gasteiger partial charge on any atom is 0.216 e. The number of hydrogen-bond donors (Lipinski definition) is 2. The molecule has 0 bridgehead atoms. The lowest BCUT2D eigenvalue weighted by Crippen LogP contribution is -2.41. The SMILES string of the molecule is CC(C)(C)NS(=O)(=O)Cc1cc(Br)c(N)c(Br)c1. The van der Waals surface area contributed by atoms with Crippen LogP contribution in [0.15, 0.2) is 21.1 Å². The molecule has 0 aliphatic carbocycles. The first-order chi connectivity index (χ1) is 8.00. The third-order valence-electron chi connectivity index (χ3n) is 1.96. The molecule has 0 saturated carbocycles. The summed E-state index contributed by atoms with van der Waals surface area (Å²) in [5, 5.41) is 0. The van der Waals surface area contributed by atoms with Crippen LogP contribution in [0.3, 0.4) is 0 Å². The highest BCUT2D eigenvalue weighted by molar-refractivity contribution is 9.11. The van der Waals surface area contributed by atoms with E-state index in [4.69, 9.17) is 5.73 Å². The summed E-state index contributed by atoms with van der Waals surface area (Å²) in [5.74, 6) is -0.0816. The highest BCUT2D eigenvalue weighted by atomic mass is 79.9. The molecule has 0 spiro atoms. The molecule has 0 radical (unpaired) electrons. The summed E-state index contributed by atoms with van der Waals surface area (Å²) in [4.78, 5) is 0. The smallest absolute Gasteiger partial charge is 0.216 e. The van der Waals surface area contributed by atoms with Crippen LogP contribution in [-0.2, 0) is 15.8 Å². The molecule has 4 nitrogen and oxygen atoms in total. The molecule has 0 fully saturated rings. The third kappa shape index (κ3) is 4.87. The van der Waals surface area contributed by atoms with Crippen LogP contribution >= 0.6 is 31.9 Å². The fraction of sp³-hybridized carbons (Fsp3) is 0.455. The lowest BCUT2D eigenvalue weighted by molar-refractivity contribution is 0.491. The van der Waals surface area contributed by atoms with Gasteiger partial charge in [0.1, 0.15) is 0 Å². The number of nitrogens with one attached hydrogen (secondary N) is 1. The van der Waals surface area contributed by atoms with Gasteiger partial charge in [-0.3, -0.25) is 0 Å². The van der Waals surface area contributed by atoms with Crippen molar-refractivity contribution in [1.82, 2.24) is 4.72 Å². The molecule has 0 amide bonds. The Kier molecular flexibility index (Phi) is 4.86. The van der Waals surface area contributed by atoms with Crippen LogP contribution in [0.5, 0.6) is 0 Å². The molecule has 0 unspecified atom stereocenters. The third-order valence-corrected chi connectivity index (χ3v) is 4.91. The maximum absolute atomic E-state index is 12.0. The first kappa shape index (κ1) is 15.9. The van der Waals surface area contributed by atoms with Gasteiger partial charge >= 0.3 is 0 Å². The number of anilines is 1. The van der Waals surface area contributed by atoms with Crippen molar-refractivity contribution in [1.29, 1.82) is 0 Å². The van der Waals surface area contributed by atoms with E-state index in [9.17, 15) is 8.42 Å². The monoisotopic (exact) mass is 398 g/mol. The van der Waals surface area contributed by atoms with E-state index in [1.807, 2.05) is 0 Å². The van der Waals surface area contributed by atoms with Crippen LogP contribution < -0.4 is 10.5 Å². The van der Waals surface area contributed by atoms with Gasteiger partial charge in [-0.05, 0) is 70.3 Å². The number of hydrogen-bond acceptors (Lipinski definition) is 3. The van der Waals surface area contributed by atoms with Gasteiger partial charge in [0.15, 0.2) is 0 Å². The normalized spacial score (nSPS) is 12.7. The van der Waals surface area contributed by atoms with Crippen LogP contribution in [0.4, 0.5) is 5.69 Å². The zero-order chi connectivity index (χ0) is 14.1. The van der Waals surface area contributed by atoms with Gasteiger partial charge in [-0.2, -0.15) is 0 Å². The predicted octanol–water partition coefficient (Wildman–Crippen LogP) is 3.01. The summed E-state index contributed by atoms with van der Waals surface area (Å²) in [6, 6.07) is 3.42. The number of nitrogen functional groups attached to an aromatic ring is 1. The second-order valence-electron chi connectivity index (χ2n) is 5.08. The molecular formula is C11H16Br2N2O2S. The maximum atomic E-state index is 12.0. The molecule has 0 aliphatic rings. The summed E-state index contributed by atoms with van der Waals surface area (Å²) in [5.41, 5.74) is 6.49. The average Bonchev–Trinajstić information content (AvgIpc) is 2.08. The highest BCUT2D eigenvalue weighted by Crippen LogP contribution is 2.30. The molecule has 0 heterocycles. The summed E-state index contributed by atoms with van der Waals surface area (Å²) in [6.07, 6.45) is 0. The van der Waals surface area contributed by atoms with Crippen LogP contribution in [0.25, 0.3) is 0 Å². The van der Waals surface area contributed by atoms with E-state index in [-0.39, 0.29) is 5.75 Å². The fourth-order valence-electron chi connectivity index (χ4n) is 1.44. The summed E-state index contributed by atoms with van der Waals surface area (Å²) >= 11 is 6.59. The van der Waals surface area contributed by atoms with Gasteiger partial charge in [-0.25, -0.2) is 13.1 Å². The molecule has 18 heavy (non-hydrogen) atoms. The quantitative estimate of drug-likeness (QED) is 0.767. The van der Waals surface area contributed by atoms with Crippen molar-refractivity contribution in [2.75, 3.05) is 5.73 Å². The average molecular weight is 400 g/mol.